The molecule has 0 aromatic heterocycles. The fourth-order valence-corrected chi connectivity index (χ4v) is 3.78. The summed E-state index contributed by atoms with van der Waals surface area (Å²) >= 11 is 7.04. The molecule has 2 aromatic rings. The number of halogens is 2. The number of hydrogen-bond donors (Lipinski definition) is 2. The summed E-state index contributed by atoms with van der Waals surface area (Å²) in [6.07, 6.45) is 0.667. The summed E-state index contributed by atoms with van der Waals surface area (Å²) in [4.78, 5) is 10.6. The quantitative estimate of drug-likeness (QED) is 0.633. The lowest BCUT2D eigenvalue weighted by atomic mass is 9.96. The number of ether oxygens (including phenoxy) is 1. The topological polar surface area (TPSA) is 66.8 Å². The molecule has 0 aliphatic heterocycles. The van der Waals surface area contributed by atoms with Crippen LogP contribution in [0.4, 0.5) is 0 Å². The molecular formula is C18H18Br2O4. The van der Waals surface area contributed by atoms with Gasteiger partial charge < -0.3 is 14.9 Å². The number of phenolic OH excluding ortho intramolecular Hbond substituents is 1. The van der Waals surface area contributed by atoms with Crippen LogP contribution in [0.15, 0.2) is 39.3 Å². The monoisotopic (exact) mass is 456 g/mol. The van der Waals surface area contributed by atoms with Crippen molar-refractivity contribution in [3.8, 4) is 11.5 Å². The van der Waals surface area contributed by atoms with Gasteiger partial charge in [0.25, 0.3) is 0 Å². The zero-order valence-electron chi connectivity index (χ0n) is 13.3. The van der Waals surface area contributed by atoms with Crippen LogP contribution in [0.5, 0.6) is 11.5 Å². The van der Waals surface area contributed by atoms with Crippen molar-refractivity contribution in [1.82, 2.24) is 0 Å². The number of carboxylic acid groups (broad SMARTS) is 1. The van der Waals surface area contributed by atoms with Crippen molar-refractivity contribution in [3.63, 3.8) is 0 Å². The second kappa shape index (κ2) is 8.03. The number of phenols is 1. The van der Waals surface area contributed by atoms with E-state index in [2.05, 4.69) is 31.9 Å². The average molecular weight is 458 g/mol. The molecule has 0 saturated heterocycles. The zero-order chi connectivity index (χ0) is 17.9. The van der Waals surface area contributed by atoms with E-state index in [4.69, 9.17) is 9.84 Å². The van der Waals surface area contributed by atoms with Crippen molar-refractivity contribution < 1.29 is 19.7 Å². The fraction of sp³-hybridized carbons (Fsp3) is 0.278. The molecule has 4 nitrogen and oxygen atoms in total. The first-order chi connectivity index (χ1) is 11.3. The van der Waals surface area contributed by atoms with Crippen LogP contribution >= 0.6 is 31.9 Å². The Morgan fingerprint density at radius 1 is 1.17 bits per heavy atom. The third kappa shape index (κ3) is 4.74. The molecule has 2 N–H and O–H groups in total. The minimum Gasteiger partial charge on any atom is -0.508 e. The van der Waals surface area contributed by atoms with Gasteiger partial charge in [-0.05, 0) is 47.2 Å². The fourth-order valence-electron chi connectivity index (χ4n) is 2.36. The molecule has 0 unspecified atom stereocenters. The van der Waals surface area contributed by atoms with Gasteiger partial charge in [-0.1, -0.05) is 57.8 Å². The molecule has 128 valence electrons. The van der Waals surface area contributed by atoms with E-state index in [-0.39, 0.29) is 12.5 Å². The summed E-state index contributed by atoms with van der Waals surface area (Å²) in [7, 11) is 0. The number of rotatable bonds is 6. The number of benzene rings is 2. The molecule has 24 heavy (non-hydrogen) atoms. The highest BCUT2D eigenvalue weighted by Crippen LogP contribution is 2.34. The van der Waals surface area contributed by atoms with Crippen LogP contribution in [0, 0.1) is 0 Å². The predicted octanol–water partition coefficient (Wildman–Crippen LogP) is 5.09. The number of aromatic hydroxyl groups is 1. The SMILES string of the molecule is CC(C)c1cc(Cc2c(Br)cc(OCC(=O)O)cc2Br)ccc1O. The maximum Gasteiger partial charge on any atom is 0.341 e. The van der Waals surface area contributed by atoms with Crippen LogP contribution in [0.25, 0.3) is 0 Å². The number of carbonyl (C=O) groups is 1. The highest BCUT2D eigenvalue weighted by atomic mass is 79.9. The summed E-state index contributed by atoms with van der Waals surface area (Å²) in [6, 6.07) is 9.14. The van der Waals surface area contributed by atoms with Gasteiger partial charge >= 0.3 is 5.97 Å². The lowest BCUT2D eigenvalue weighted by Gasteiger charge is -2.14. The molecular weight excluding hydrogens is 440 g/mol. The molecule has 0 spiro atoms. The van der Waals surface area contributed by atoms with Gasteiger partial charge in [0.05, 0.1) is 0 Å². The highest BCUT2D eigenvalue weighted by molar-refractivity contribution is 9.11. The lowest BCUT2D eigenvalue weighted by molar-refractivity contribution is -0.139. The highest BCUT2D eigenvalue weighted by Gasteiger charge is 2.12. The summed E-state index contributed by atoms with van der Waals surface area (Å²) in [5.41, 5.74) is 3.02. The Balaban J connectivity index is 2.27. The summed E-state index contributed by atoms with van der Waals surface area (Å²) in [5.74, 6) is 0.0121. The van der Waals surface area contributed by atoms with E-state index in [1.165, 1.54) is 0 Å². The van der Waals surface area contributed by atoms with Gasteiger partial charge in [0.15, 0.2) is 6.61 Å². The molecule has 6 heteroatoms. The van der Waals surface area contributed by atoms with Gasteiger partial charge in [-0.25, -0.2) is 4.79 Å². The first-order valence-electron chi connectivity index (χ1n) is 7.42. The van der Waals surface area contributed by atoms with Gasteiger partial charge in [0.1, 0.15) is 11.5 Å². The van der Waals surface area contributed by atoms with E-state index in [0.717, 1.165) is 25.6 Å². The first-order valence-corrected chi connectivity index (χ1v) is 9.00. The van der Waals surface area contributed by atoms with Crippen LogP contribution in [-0.4, -0.2) is 22.8 Å². The molecule has 0 fully saturated rings. The third-order valence-electron chi connectivity index (χ3n) is 3.57. The predicted molar refractivity (Wildman–Crippen MR) is 100.0 cm³/mol. The molecule has 0 atom stereocenters. The Bertz CT molecular complexity index is 734. The van der Waals surface area contributed by atoms with Crippen molar-refractivity contribution in [1.29, 1.82) is 0 Å². The second-order valence-corrected chi connectivity index (χ2v) is 7.48. The van der Waals surface area contributed by atoms with E-state index < -0.39 is 5.97 Å². The van der Waals surface area contributed by atoms with Crippen LogP contribution in [0.1, 0.15) is 36.5 Å². The zero-order valence-corrected chi connectivity index (χ0v) is 16.5. The second-order valence-electron chi connectivity index (χ2n) is 5.77. The number of hydrogen-bond acceptors (Lipinski definition) is 3. The molecule has 2 aromatic carbocycles. The Kier molecular flexibility index (Phi) is 6.29. The van der Waals surface area contributed by atoms with Crippen molar-refractivity contribution in [3.05, 3.63) is 56.0 Å². The molecule has 0 radical (unpaired) electrons. The van der Waals surface area contributed by atoms with Crippen LogP contribution in [0.3, 0.4) is 0 Å². The van der Waals surface area contributed by atoms with Crippen molar-refractivity contribution in [2.45, 2.75) is 26.2 Å². The Morgan fingerprint density at radius 3 is 2.33 bits per heavy atom. The minimum atomic E-state index is -1.02. The van der Waals surface area contributed by atoms with Gasteiger partial charge in [-0.15, -0.1) is 0 Å². The van der Waals surface area contributed by atoms with Gasteiger partial charge in [-0.3, -0.25) is 0 Å². The van der Waals surface area contributed by atoms with Crippen molar-refractivity contribution in [2.75, 3.05) is 6.61 Å². The number of carboxylic acids is 1. The van der Waals surface area contributed by atoms with E-state index in [0.29, 0.717) is 17.9 Å². The first kappa shape index (κ1) is 18.8. The lowest BCUT2D eigenvalue weighted by Crippen LogP contribution is -2.09. The van der Waals surface area contributed by atoms with E-state index >= 15 is 0 Å². The van der Waals surface area contributed by atoms with E-state index in [1.54, 1.807) is 18.2 Å². The van der Waals surface area contributed by atoms with Crippen molar-refractivity contribution >= 4 is 37.8 Å². The van der Waals surface area contributed by atoms with Crippen LogP contribution in [-0.2, 0) is 11.2 Å². The molecule has 2 rings (SSSR count). The van der Waals surface area contributed by atoms with Crippen LogP contribution in [0.2, 0.25) is 0 Å². The number of aliphatic carboxylic acids is 1. The molecule has 0 saturated carbocycles. The summed E-state index contributed by atoms with van der Waals surface area (Å²) in [6.45, 7) is 3.70. The van der Waals surface area contributed by atoms with E-state index in [9.17, 15) is 9.90 Å². The largest absolute Gasteiger partial charge is 0.508 e. The minimum absolute atomic E-state index is 0.239. The van der Waals surface area contributed by atoms with Gasteiger partial charge in [-0.2, -0.15) is 0 Å². The molecule has 0 aliphatic rings. The Labute approximate surface area is 157 Å². The summed E-state index contributed by atoms with van der Waals surface area (Å²) < 4.78 is 6.87. The van der Waals surface area contributed by atoms with Crippen LogP contribution < -0.4 is 4.74 Å². The van der Waals surface area contributed by atoms with Gasteiger partial charge in [0.2, 0.25) is 0 Å². The average Bonchev–Trinajstić information content (AvgIpc) is 2.50. The smallest absolute Gasteiger partial charge is 0.341 e. The Hall–Kier alpha value is -1.53. The maximum absolute atomic E-state index is 10.6. The third-order valence-corrected chi connectivity index (χ3v) is 4.99. The summed E-state index contributed by atoms with van der Waals surface area (Å²) in [5, 5.41) is 18.6. The molecule has 0 amide bonds. The normalized spacial score (nSPS) is 10.9. The maximum atomic E-state index is 10.6. The molecule has 0 aliphatic carbocycles. The van der Waals surface area contributed by atoms with Crippen molar-refractivity contribution in [2.24, 2.45) is 0 Å². The van der Waals surface area contributed by atoms with E-state index in [1.807, 2.05) is 26.0 Å². The molecule has 0 bridgehead atoms. The molecule has 0 heterocycles. The standard InChI is InChI=1S/C18H18Br2O4/c1-10(2)13-5-11(3-4-17(13)21)6-14-15(19)7-12(8-16(14)20)24-9-18(22)23/h3-5,7-8,10,21H,6,9H2,1-2H3,(H,22,23). The van der Waals surface area contributed by atoms with Gasteiger partial charge in [0, 0.05) is 8.95 Å². The Morgan fingerprint density at radius 2 is 1.79 bits per heavy atom.